The Morgan fingerprint density at radius 3 is 2.75 bits per heavy atom. The van der Waals surface area contributed by atoms with Crippen LogP contribution in [-0.2, 0) is 14.7 Å². The predicted octanol–water partition coefficient (Wildman–Crippen LogP) is 0.761. The van der Waals surface area contributed by atoms with Crippen molar-refractivity contribution in [2.75, 3.05) is 19.9 Å². The van der Waals surface area contributed by atoms with Gasteiger partial charge in [0.15, 0.2) is 15.5 Å². The zero-order valence-electron chi connectivity index (χ0n) is 11.4. The van der Waals surface area contributed by atoms with Gasteiger partial charge in [-0.2, -0.15) is 5.10 Å². The minimum absolute atomic E-state index is 0.0606. The summed E-state index contributed by atoms with van der Waals surface area (Å²) in [5.41, 5.74) is 0.240. The minimum atomic E-state index is -3.59. The Morgan fingerprint density at radius 2 is 2.15 bits per heavy atom. The van der Waals surface area contributed by atoms with E-state index in [1.54, 1.807) is 24.4 Å². The van der Waals surface area contributed by atoms with Crippen LogP contribution >= 0.6 is 0 Å². The molecule has 0 aliphatic carbocycles. The van der Waals surface area contributed by atoms with Crippen LogP contribution in [0.3, 0.4) is 0 Å². The maximum Gasteiger partial charge on any atom is 0.299 e. The summed E-state index contributed by atoms with van der Waals surface area (Å²) in [6, 6.07) is 5.01. The zero-order valence-corrected chi connectivity index (χ0v) is 12.2. The lowest BCUT2D eigenvalue weighted by atomic mass is 10.3. The highest BCUT2D eigenvalue weighted by molar-refractivity contribution is 7.91. The summed E-state index contributed by atoms with van der Waals surface area (Å²) in [6.45, 7) is 1.52. The summed E-state index contributed by atoms with van der Waals surface area (Å²) in [7, 11) is -0.867. The van der Waals surface area contributed by atoms with Crippen LogP contribution in [0.15, 0.2) is 29.3 Å². The van der Waals surface area contributed by atoms with E-state index in [0.717, 1.165) is 5.06 Å². The second-order valence-corrected chi connectivity index (χ2v) is 6.31. The first kappa shape index (κ1) is 14.5. The maximum absolute atomic E-state index is 12.2. The largest absolute Gasteiger partial charge is 0.299 e. The van der Waals surface area contributed by atoms with Crippen molar-refractivity contribution in [3.63, 3.8) is 0 Å². The van der Waals surface area contributed by atoms with Gasteiger partial charge in [-0.3, -0.25) is 9.63 Å². The van der Waals surface area contributed by atoms with E-state index in [1.807, 2.05) is 0 Å². The summed E-state index contributed by atoms with van der Waals surface area (Å²) in [6.07, 6.45) is 1.59. The standard InChI is InChI=1S/C12H15N3O4S/c1-4-20(17,18)11-9-7-5-6-8-15(9)13-10(11)12(16)14(2)19-3/h5-8H,4H2,1-3H3. The van der Waals surface area contributed by atoms with Gasteiger partial charge in [-0.05, 0) is 12.1 Å². The molecule has 0 spiro atoms. The highest BCUT2D eigenvalue weighted by atomic mass is 32.2. The van der Waals surface area contributed by atoms with Crippen LogP contribution in [0.2, 0.25) is 0 Å². The third-order valence-electron chi connectivity index (χ3n) is 2.95. The molecule has 2 aromatic rings. The van der Waals surface area contributed by atoms with E-state index in [2.05, 4.69) is 5.10 Å². The van der Waals surface area contributed by atoms with Crippen molar-refractivity contribution in [3.8, 4) is 0 Å². The molecule has 0 aromatic carbocycles. The molecular formula is C12H15N3O4S. The number of hydrogen-bond donors (Lipinski definition) is 0. The van der Waals surface area contributed by atoms with E-state index in [9.17, 15) is 13.2 Å². The van der Waals surface area contributed by atoms with Crippen LogP contribution in [0.25, 0.3) is 5.52 Å². The molecule has 0 aliphatic heterocycles. The Hall–Kier alpha value is -1.93. The van der Waals surface area contributed by atoms with Gasteiger partial charge in [-0.1, -0.05) is 13.0 Å². The molecule has 7 nitrogen and oxygen atoms in total. The first-order valence-electron chi connectivity index (χ1n) is 5.94. The van der Waals surface area contributed by atoms with Gasteiger partial charge in [-0.25, -0.2) is 18.0 Å². The van der Waals surface area contributed by atoms with Crippen molar-refractivity contribution in [1.29, 1.82) is 0 Å². The molecule has 0 unspecified atom stereocenters. The fourth-order valence-electron chi connectivity index (χ4n) is 1.80. The molecule has 0 atom stereocenters. The van der Waals surface area contributed by atoms with E-state index in [-0.39, 0.29) is 16.3 Å². The predicted molar refractivity (Wildman–Crippen MR) is 72.0 cm³/mol. The van der Waals surface area contributed by atoms with Crippen molar-refractivity contribution < 1.29 is 18.0 Å². The summed E-state index contributed by atoms with van der Waals surface area (Å²) >= 11 is 0. The second-order valence-electron chi connectivity index (χ2n) is 4.10. The average molecular weight is 297 g/mol. The third kappa shape index (κ3) is 2.27. The molecule has 0 aliphatic rings. The number of aromatic nitrogens is 2. The van der Waals surface area contributed by atoms with Gasteiger partial charge in [0.05, 0.1) is 18.4 Å². The van der Waals surface area contributed by atoms with E-state index < -0.39 is 15.7 Å². The number of fused-ring (bicyclic) bond motifs is 1. The van der Waals surface area contributed by atoms with Gasteiger partial charge in [0, 0.05) is 13.2 Å². The molecule has 20 heavy (non-hydrogen) atoms. The van der Waals surface area contributed by atoms with Gasteiger partial charge in [0.1, 0.15) is 4.90 Å². The molecule has 1 amide bonds. The molecule has 0 fully saturated rings. The zero-order chi connectivity index (χ0) is 14.9. The molecule has 0 saturated carbocycles. The number of nitrogens with zero attached hydrogens (tertiary/aromatic N) is 3. The fourth-order valence-corrected chi connectivity index (χ4v) is 2.99. The molecule has 108 valence electrons. The topological polar surface area (TPSA) is 81.0 Å². The first-order chi connectivity index (χ1) is 9.42. The third-order valence-corrected chi connectivity index (χ3v) is 4.73. The quantitative estimate of drug-likeness (QED) is 0.778. The fraction of sp³-hybridized carbons (Fsp3) is 0.333. The first-order valence-corrected chi connectivity index (χ1v) is 7.60. The normalized spacial score (nSPS) is 11.8. The van der Waals surface area contributed by atoms with Crippen molar-refractivity contribution in [1.82, 2.24) is 14.7 Å². The van der Waals surface area contributed by atoms with Gasteiger partial charge in [0.25, 0.3) is 5.91 Å². The number of sulfone groups is 1. The number of amides is 1. The van der Waals surface area contributed by atoms with Crippen molar-refractivity contribution in [2.24, 2.45) is 0 Å². The molecule has 0 radical (unpaired) electrons. The average Bonchev–Trinajstić information content (AvgIpc) is 2.85. The number of rotatable bonds is 4. The molecule has 0 bridgehead atoms. The number of hydroxylamine groups is 2. The Morgan fingerprint density at radius 1 is 1.45 bits per heavy atom. The Balaban J connectivity index is 2.78. The molecule has 0 saturated heterocycles. The number of carbonyl (C=O) groups excluding carboxylic acids is 1. The molecule has 2 rings (SSSR count). The van der Waals surface area contributed by atoms with E-state index in [4.69, 9.17) is 4.84 Å². The van der Waals surface area contributed by atoms with Gasteiger partial charge in [0.2, 0.25) is 0 Å². The smallest absolute Gasteiger partial charge is 0.274 e. The van der Waals surface area contributed by atoms with Crippen molar-refractivity contribution in [2.45, 2.75) is 11.8 Å². The van der Waals surface area contributed by atoms with Gasteiger partial charge < -0.3 is 0 Å². The Bertz CT molecular complexity index is 751. The van der Waals surface area contributed by atoms with Crippen molar-refractivity contribution in [3.05, 3.63) is 30.1 Å². The van der Waals surface area contributed by atoms with E-state index in [0.29, 0.717) is 5.52 Å². The summed E-state index contributed by atoms with van der Waals surface area (Å²) in [5.74, 6) is -0.719. The number of pyridine rings is 1. The highest BCUT2D eigenvalue weighted by Gasteiger charge is 2.29. The van der Waals surface area contributed by atoms with Crippen LogP contribution < -0.4 is 0 Å². The second kappa shape index (κ2) is 5.22. The monoisotopic (exact) mass is 297 g/mol. The van der Waals surface area contributed by atoms with Gasteiger partial charge in [-0.15, -0.1) is 0 Å². The number of carbonyl (C=O) groups is 1. The van der Waals surface area contributed by atoms with E-state index in [1.165, 1.54) is 25.6 Å². The van der Waals surface area contributed by atoms with E-state index >= 15 is 0 Å². The molecular weight excluding hydrogens is 282 g/mol. The molecule has 2 heterocycles. The Labute approximate surface area is 116 Å². The SMILES string of the molecule is CCS(=O)(=O)c1c(C(=O)N(C)OC)nn2ccccc12. The summed E-state index contributed by atoms with van der Waals surface area (Å²) in [5, 5.41) is 5.00. The lowest BCUT2D eigenvalue weighted by Crippen LogP contribution is -2.27. The van der Waals surface area contributed by atoms with Crippen LogP contribution in [0.5, 0.6) is 0 Å². The lowest BCUT2D eigenvalue weighted by molar-refractivity contribution is -0.0762. The lowest BCUT2D eigenvalue weighted by Gasteiger charge is -2.12. The Kier molecular flexibility index (Phi) is 3.78. The van der Waals surface area contributed by atoms with Crippen LogP contribution in [0.4, 0.5) is 0 Å². The number of hydrogen-bond acceptors (Lipinski definition) is 5. The molecule has 8 heteroatoms. The van der Waals surface area contributed by atoms with Crippen LogP contribution in [-0.4, -0.2) is 48.9 Å². The highest BCUT2D eigenvalue weighted by Crippen LogP contribution is 2.23. The maximum atomic E-state index is 12.2. The molecule has 2 aromatic heterocycles. The summed E-state index contributed by atoms with van der Waals surface area (Å²) in [4.78, 5) is 16.9. The summed E-state index contributed by atoms with van der Waals surface area (Å²) < 4.78 is 25.9. The van der Waals surface area contributed by atoms with Gasteiger partial charge >= 0.3 is 0 Å². The molecule has 0 N–H and O–H groups in total. The van der Waals surface area contributed by atoms with Crippen LogP contribution in [0, 0.1) is 0 Å². The van der Waals surface area contributed by atoms with Crippen LogP contribution in [0.1, 0.15) is 17.4 Å². The minimum Gasteiger partial charge on any atom is -0.274 e. The van der Waals surface area contributed by atoms with Crippen molar-refractivity contribution >= 4 is 21.3 Å².